The van der Waals surface area contributed by atoms with E-state index in [1.54, 1.807) is 11.3 Å². The van der Waals surface area contributed by atoms with Gasteiger partial charge in [0.25, 0.3) is 0 Å². The fourth-order valence-corrected chi connectivity index (χ4v) is 4.75. The molecule has 24 heavy (non-hydrogen) atoms. The molecule has 1 aromatic carbocycles. The maximum absolute atomic E-state index is 13.1. The Kier molecular flexibility index (Phi) is 4.42. The third-order valence-electron chi connectivity index (χ3n) is 5.31. The average Bonchev–Trinajstić information content (AvgIpc) is 3.37. The van der Waals surface area contributed by atoms with Crippen molar-refractivity contribution < 1.29 is 4.79 Å². The second-order valence-corrected chi connectivity index (χ2v) is 7.91. The van der Waals surface area contributed by atoms with Gasteiger partial charge >= 0.3 is 0 Å². The lowest BCUT2D eigenvalue weighted by Crippen LogP contribution is -2.55. The van der Waals surface area contributed by atoms with Crippen LogP contribution in [0.15, 0.2) is 41.8 Å². The molecule has 0 aliphatic carbocycles. The standard InChI is InChI=1S/C20H24N2OS/c23-19(22-12-1-2-13-22)20(10-4-11-21-20)15-16-6-8-17(9-7-16)18-5-3-14-24-18/h3,5-9,14,21H,1-2,4,10-13,15H2. The number of carbonyl (C=O) groups is 1. The van der Waals surface area contributed by atoms with E-state index in [4.69, 9.17) is 0 Å². The van der Waals surface area contributed by atoms with Crippen LogP contribution in [0.1, 0.15) is 31.2 Å². The zero-order chi connectivity index (χ0) is 16.4. The lowest BCUT2D eigenvalue weighted by molar-refractivity contribution is -0.136. The summed E-state index contributed by atoms with van der Waals surface area (Å²) in [6.07, 6.45) is 5.14. The van der Waals surface area contributed by atoms with Crippen LogP contribution >= 0.6 is 11.3 Å². The van der Waals surface area contributed by atoms with Crippen LogP contribution in [0.3, 0.4) is 0 Å². The van der Waals surface area contributed by atoms with Gasteiger partial charge in [-0.3, -0.25) is 4.79 Å². The number of amides is 1. The summed E-state index contributed by atoms with van der Waals surface area (Å²) in [4.78, 5) is 16.5. The van der Waals surface area contributed by atoms with Crippen molar-refractivity contribution in [2.24, 2.45) is 0 Å². The van der Waals surface area contributed by atoms with E-state index in [1.807, 2.05) is 0 Å². The predicted octanol–water partition coefficient (Wildman–Crippen LogP) is 3.70. The largest absolute Gasteiger partial charge is 0.341 e. The minimum absolute atomic E-state index is 0.319. The summed E-state index contributed by atoms with van der Waals surface area (Å²) in [7, 11) is 0. The van der Waals surface area contributed by atoms with Crippen LogP contribution in [0.2, 0.25) is 0 Å². The Labute approximate surface area is 147 Å². The van der Waals surface area contributed by atoms with Crippen molar-refractivity contribution in [2.45, 2.75) is 37.6 Å². The number of hydrogen-bond acceptors (Lipinski definition) is 3. The molecule has 1 aromatic heterocycles. The molecular weight excluding hydrogens is 316 g/mol. The second kappa shape index (κ2) is 6.69. The van der Waals surface area contributed by atoms with Gasteiger partial charge in [0.05, 0.1) is 0 Å². The van der Waals surface area contributed by atoms with E-state index in [0.29, 0.717) is 5.91 Å². The van der Waals surface area contributed by atoms with Crippen LogP contribution in [0.4, 0.5) is 0 Å². The minimum Gasteiger partial charge on any atom is -0.341 e. The van der Waals surface area contributed by atoms with Crippen molar-refractivity contribution in [2.75, 3.05) is 19.6 Å². The first-order valence-electron chi connectivity index (χ1n) is 8.94. The number of nitrogens with zero attached hydrogens (tertiary/aromatic N) is 1. The fourth-order valence-electron chi connectivity index (χ4n) is 4.02. The molecule has 1 N–H and O–H groups in total. The summed E-state index contributed by atoms with van der Waals surface area (Å²) < 4.78 is 0. The molecule has 0 radical (unpaired) electrons. The van der Waals surface area contributed by atoms with Gasteiger partial charge in [0, 0.05) is 18.0 Å². The third kappa shape index (κ3) is 3.01. The van der Waals surface area contributed by atoms with Crippen molar-refractivity contribution in [1.82, 2.24) is 10.2 Å². The molecule has 2 saturated heterocycles. The van der Waals surface area contributed by atoms with Gasteiger partial charge in [0.1, 0.15) is 5.54 Å². The molecule has 2 aliphatic rings. The molecule has 2 aliphatic heterocycles. The molecule has 1 amide bonds. The summed E-state index contributed by atoms with van der Waals surface area (Å²) in [6.45, 7) is 2.81. The summed E-state index contributed by atoms with van der Waals surface area (Å²) in [5, 5.41) is 5.65. The summed E-state index contributed by atoms with van der Waals surface area (Å²) in [6, 6.07) is 13.0. The van der Waals surface area contributed by atoms with Gasteiger partial charge in [-0.15, -0.1) is 11.3 Å². The Balaban J connectivity index is 1.53. The van der Waals surface area contributed by atoms with Gasteiger partial charge in [0.15, 0.2) is 0 Å². The van der Waals surface area contributed by atoms with Gasteiger partial charge < -0.3 is 10.2 Å². The van der Waals surface area contributed by atoms with Crippen molar-refractivity contribution in [3.8, 4) is 10.4 Å². The number of benzene rings is 1. The monoisotopic (exact) mass is 340 g/mol. The molecule has 1 atom stereocenters. The summed E-state index contributed by atoms with van der Waals surface area (Å²) >= 11 is 1.76. The molecule has 0 spiro atoms. The second-order valence-electron chi connectivity index (χ2n) is 6.96. The van der Waals surface area contributed by atoms with Crippen LogP contribution < -0.4 is 5.32 Å². The van der Waals surface area contributed by atoms with Crippen molar-refractivity contribution >= 4 is 17.2 Å². The Morgan fingerprint density at radius 1 is 1.12 bits per heavy atom. The first-order chi connectivity index (χ1) is 11.8. The van der Waals surface area contributed by atoms with Crippen LogP contribution in [-0.4, -0.2) is 36.0 Å². The van der Waals surface area contributed by atoms with Crippen LogP contribution in [0, 0.1) is 0 Å². The van der Waals surface area contributed by atoms with Gasteiger partial charge in [-0.25, -0.2) is 0 Å². The maximum atomic E-state index is 13.1. The van der Waals surface area contributed by atoms with Crippen LogP contribution in [0.25, 0.3) is 10.4 Å². The van der Waals surface area contributed by atoms with E-state index in [2.05, 4.69) is 52.0 Å². The highest BCUT2D eigenvalue weighted by Crippen LogP contribution is 2.30. The molecule has 1 unspecified atom stereocenters. The summed E-state index contributed by atoms with van der Waals surface area (Å²) in [5.41, 5.74) is 2.12. The smallest absolute Gasteiger partial charge is 0.243 e. The minimum atomic E-state index is -0.380. The quantitative estimate of drug-likeness (QED) is 0.920. The Morgan fingerprint density at radius 2 is 1.92 bits per heavy atom. The molecule has 126 valence electrons. The first-order valence-corrected chi connectivity index (χ1v) is 9.82. The Hall–Kier alpha value is -1.65. The Morgan fingerprint density at radius 3 is 2.54 bits per heavy atom. The topological polar surface area (TPSA) is 32.3 Å². The zero-order valence-corrected chi connectivity index (χ0v) is 14.8. The number of thiophene rings is 1. The highest BCUT2D eigenvalue weighted by atomic mass is 32.1. The highest BCUT2D eigenvalue weighted by Gasteiger charge is 2.43. The number of carbonyl (C=O) groups excluding carboxylic acids is 1. The maximum Gasteiger partial charge on any atom is 0.243 e. The van der Waals surface area contributed by atoms with Gasteiger partial charge in [-0.2, -0.15) is 0 Å². The third-order valence-corrected chi connectivity index (χ3v) is 6.23. The first kappa shape index (κ1) is 15.9. The molecule has 3 nitrogen and oxygen atoms in total. The number of rotatable bonds is 4. The molecule has 4 heteroatoms. The molecule has 2 aromatic rings. The van der Waals surface area contributed by atoms with Gasteiger partial charge in [-0.1, -0.05) is 30.3 Å². The molecule has 0 bridgehead atoms. The van der Waals surface area contributed by atoms with E-state index in [1.165, 1.54) is 16.0 Å². The van der Waals surface area contributed by atoms with E-state index >= 15 is 0 Å². The van der Waals surface area contributed by atoms with Crippen molar-refractivity contribution in [3.63, 3.8) is 0 Å². The predicted molar refractivity (Wildman–Crippen MR) is 99.2 cm³/mol. The fraction of sp³-hybridized carbons (Fsp3) is 0.450. The molecular formula is C20H24N2OS. The number of hydrogen-bond donors (Lipinski definition) is 1. The van der Waals surface area contributed by atoms with Crippen molar-refractivity contribution in [1.29, 1.82) is 0 Å². The van der Waals surface area contributed by atoms with Crippen LogP contribution in [0.5, 0.6) is 0 Å². The van der Waals surface area contributed by atoms with Gasteiger partial charge in [-0.05, 0) is 61.2 Å². The van der Waals surface area contributed by atoms with Gasteiger partial charge in [0.2, 0.25) is 5.91 Å². The van der Waals surface area contributed by atoms with E-state index in [9.17, 15) is 4.79 Å². The Bertz CT molecular complexity index is 681. The number of nitrogens with one attached hydrogen (secondary N) is 1. The highest BCUT2D eigenvalue weighted by molar-refractivity contribution is 7.13. The molecule has 2 fully saturated rings. The SMILES string of the molecule is O=C(N1CCCC1)C1(Cc2ccc(-c3cccs3)cc2)CCCN1. The van der Waals surface area contributed by atoms with Crippen molar-refractivity contribution in [3.05, 3.63) is 47.3 Å². The molecule has 0 saturated carbocycles. The van der Waals surface area contributed by atoms with E-state index < -0.39 is 0 Å². The van der Waals surface area contributed by atoms with E-state index in [-0.39, 0.29) is 5.54 Å². The summed E-state index contributed by atoms with van der Waals surface area (Å²) in [5.74, 6) is 0.319. The average molecular weight is 340 g/mol. The zero-order valence-electron chi connectivity index (χ0n) is 14.0. The lowest BCUT2D eigenvalue weighted by atomic mass is 9.87. The molecule has 4 rings (SSSR count). The lowest BCUT2D eigenvalue weighted by Gasteiger charge is -2.32. The normalized spacial score (nSPS) is 23.8. The van der Waals surface area contributed by atoms with Crippen LogP contribution in [-0.2, 0) is 11.2 Å². The van der Waals surface area contributed by atoms with E-state index in [0.717, 1.165) is 51.7 Å². The molecule has 3 heterocycles. The number of likely N-dealkylation sites (tertiary alicyclic amines) is 1.